The van der Waals surface area contributed by atoms with Crippen LogP contribution in [-0.2, 0) is 0 Å². The molecule has 0 unspecified atom stereocenters. The first-order valence-electron chi connectivity index (χ1n) is 4.16. The fraction of sp³-hybridized carbons (Fsp3) is 0.400. The van der Waals surface area contributed by atoms with Crippen molar-refractivity contribution in [1.82, 2.24) is 0 Å². The molecule has 1 rings (SSSR count). The summed E-state index contributed by atoms with van der Waals surface area (Å²) in [6, 6.07) is 6.04. The maximum atomic E-state index is 8.59. The van der Waals surface area contributed by atoms with Crippen molar-refractivity contribution in [3.63, 3.8) is 0 Å². The van der Waals surface area contributed by atoms with E-state index in [-0.39, 0.29) is 6.61 Å². The SMILES string of the molecule is CSc1ccc(OCCO)c(C)c1. The Balaban J connectivity index is 2.73. The second-order valence-corrected chi connectivity index (χ2v) is 3.58. The molecular weight excluding hydrogens is 184 g/mol. The van der Waals surface area contributed by atoms with Gasteiger partial charge in [-0.05, 0) is 36.9 Å². The number of aliphatic hydroxyl groups is 1. The summed E-state index contributed by atoms with van der Waals surface area (Å²) in [5, 5.41) is 8.59. The van der Waals surface area contributed by atoms with Gasteiger partial charge in [0.05, 0.1) is 6.61 Å². The zero-order valence-electron chi connectivity index (χ0n) is 7.91. The smallest absolute Gasteiger partial charge is 0.122 e. The Morgan fingerprint density at radius 1 is 1.46 bits per heavy atom. The van der Waals surface area contributed by atoms with Crippen molar-refractivity contribution in [1.29, 1.82) is 0 Å². The van der Waals surface area contributed by atoms with Crippen LogP contribution in [-0.4, -0.2) is 24.6 Å². The van der Waals surface area contributed by atoms with Crippen molar-refractivity contribution >= 4 is 11.8 Å². The molecule has 0 amide bonds. The van der Waals surface area contributed by atoms with Crippen molar-refractivity contribution in [2.45, 2.75) is 11.8 Å². The maximum Gasteiger partial charge on any atom is 0.122 e. The van der Waals surface area contributed by atoms with Crippen LogP contribution in [0.5, 0.6) is 5.75 Å². The molecule has 1 aromatic rings. The van der Waals surface area contributed by atoms with E-state index in [9.17, 15) is 0 Å². The quantitative estimate of drug-likeness (QED) is 0.751. The van der Waals surface area contributed by atoms with Crippen molar-refractivity contribution in [2.75, 3.05) is 19.5 Å². The Hall–Kier alpha value is -0.670. The fourth-order valence-corrected chi connectivity index (χ4v) is 1.57. The Morgan fingerprint density at radius 2 is 2.23 bits per heavy atom. The normalized spacial score (nSPS) is 10.1. The average Bonchev–Trinajstić information content (AvgIpc) is 2.16. The molecule has 13 heavy (non-hydrogen) atoms. The molecule has 0 aromatic heterocycles. The van der Waals surface area contributed by atoms with Crippen LogP contribution < -0.4 is 4.74 Å². The number of benzene rings is 1. The van der Waals surface area contributed by atoms with E-state index < -0.39 is 0 Å². The minimum absolute atomic E-state index is 0.0592. The molecule has 0 bridgehead atoms. The molecule has 0 saturated carbocycles. The highest BCUT2D eigenvalue weighted by Crippen LogP contribution is 2.23. The molecule has 0 aliphatic heterocycles. The largest absolute Gasteiger partial charge is 0.491 e. The number of aryl methyl sites for hydroxylation is 1. The minimum Gasteiger partial charge on any atom is -0.491 e. The summed E-state index contributed by atoms with van der Waals surface area (Å²) in [6.07, 6.45) is 2.04. The van der Waals surface area contributed by atoms with Crippen LogP contribution >= 0.6 is 11.8 Å². The van der Waals surface area contributed by atoms with Crippen molar-refractivity contribution in [2.24, 2.45) is 0 Å². The summed E-state index contributed by atoms with van der Waals surface area (Å²) in [5.74, 6) is 0.854. The lowest BCUT2D eigenvalue weighted by Gasteiger charge is -2.08. The van der Waals surface area contributed by atoms with Gasteiger partial charge in [-0.1, -0.05) is 0 Å². The van der Waals surface area contributed by atoms with Gasteiger partial charge >= 0.3 is 0 Å². The average molecular weight is 198 g/mol. The molecule has 1 N–H and O–H groups in total. The summed E-state index contributed by atoms with van der Waals surface area (Å²) in [7, 11) is 0. The second-order valence-electron chi connectivity index (χ2n) is 2.70. The summed E-state index contributed by atoms with van der Waals surface area (Å²) in [6.45, 7) is 2.43. The van der Waals surface area contributed by atoms with Gasteiger partial charge in [0.1, 0.15) is 12.4 Å². The van der Waals surface area contributed by atoms with Gasteiger partial charge in [0, 0.05) is 4.90 Å². The van der Waals surface area contributed by atoms with Crippen LogP contribution in [0.3, 0.4) is 0 Å². The molecule has 0 saturated heterocycles. The first-order valence-corrected chi connectivity index (χ1v) is 5.38. The molecule has 2 nitrogen and oxygen atoms in total. The van der Waals surface area contributed by atoms with Crippen LogP contribution in [0.4, 0.5) is 0 Å². The number of rotatable bonds is 4. The highest BCUT2D eigenvalue weighted by molar-refractivity contribution is 7.98. The van der Waals surface area contributed by atoms with Gasteiger partial charge in [0.15, 0.2) is 0 Å². The first-order chi connectivity index (χ1) is 6.27. The zero-order valence-corrected chi connectivity index (χ0v) is 8.73. The van der Waals surface area contributed by atoms with Crippen LogP contribution in [0.25, 0.3) is 0 Å². The Labute approximate surface area is 82.9 Å². The molecule has 0 aliphatic rings. The number of ether oxygens (including phenoxy) is 1. The second kappa shape index (κ2) is 5.14. The van der Waals surface area contributed by atoms with Gasteiger partial charge in [0.2, 0.25) is 0 Å². The van der Waals surface area contributed by atoms with Gasteiger partial charge in [-0.3, -0.25) is 0 Å². The number of hydrogen-bond donors (Lipinski definition) is 1. The Morgan fingerprint density at radius 3 is 2.77 bits per heavy atom. The lowest BCUT2D eigenvalue weighted by Crippen LogP contribution is -2.02. The van der Waals surface area contributed by atoms with Gasteiger partial charge in [-0.2, -0.15) is 0 Å². The Bertz CT molecular complexity index is 274. The molecule has 0 radical (unpaired) electrons. The first kappa shape index (κ1) is 10.4. The highest BCUT2D eigenvalue weighted by Gasteiger charge is 1.99. The van der Waals surface area contributed by atoms with E-state index in [0.717, 1.165) is 11.3 Å². The molecule has 0 heterocycles. The third-order valence-electron chi connectivity index (χ3n) is 1.73. The van der Waals surface area contributed by atoms with Gasteiger partial charge in [-0.25, -0.2) is 0 Å². The lowest BCUT2D eigenvalue weighted by molar-refractivity contribution is 0.200. The molecule has 0 spiro atoms. The van der Waals surface area contributed by atoms with E-state index in [1.165, 1.54) is 4.90 Å². The minimum atomic E-state index is 0.0592. The summed E-state index contributed by atoms with van der Waals surface area (Å²) < 4.78 is 5.33. The van der Waals surface area contributed by atoms with Crippen molar-refractivity contribution in [3.05, 3.63) is 23.8 Å². The summed E-state index contributed by atoms with van der Waals surface area (Å²) in [4.78, 5) is 1.23. The molecule has 1 aromatic carbocycles. The van der Waals surface area contributed by atoms with Gasteiger partial charge < -0.3 is 9.84 Å². The third-order valence-corrected chi connectivity index (χ3v) is 2.46. The van der Waals surface area contributed by atoms with E-state index in [1.807, 2.05) is 25.3 Å². The third kappa shape index (κ3) is 2.94. The standard InChI is InChI=1S/C10H14O2S/c1-8-7-9(13-2)3-4-10(8)12-6-5-11/h3-4,7,11H,5-6H2,1-2H3. The van der Waals surface area contributed by atoms with Crippen molar-refractivity contribution < 1.29 is 9.84 Å². The van der Waals surface area contributed by atoms with Crippen LogP contribution in [0, 0.1) is 6.92 Å². The Kier molecular flexibility index (Phi) is 4.12. The molecule has 0 aliphatic carbocycles. The van der Waals surface area contributed by atoms with E-state index in [2.05, 4.69) is 6.07 Å². The van der Waals surface area contributed by atoms with Crippen LogP contribution in [0.15, 0.2) is 23.1 Å². The van der Waals surface area contributed by atoms with Gasteiger partial charge in [0.25, 0.3) is 0 Å². The summed E-state index contributed by atoms with van der Waals surface area (Å²) >= 11 is 1.71. The molecule has 0 fully saturated rings. The monoisotopic (exact) mass is 198 g/mol. The fourth-order valence-electron chi connectivity index (χ4n) is 1.07. The van der Waals surface area contributed by atoms with E-state index in [1.54, 1.807) is 11.8 Å². The van der Waals surface area contributed by atoms with E-state index in [0.29, 0.717) is 6.61 Å². The predicted octanol–water partition coefficient (Wildman–Crippen LogP) is 2.09. The van der Waals surface area contributed by atoms with Gasteiger partial charge in [-0.15, -0.1) is 11.8 Å². The van der Waals surface area contributed by atoms with Crippen LogP contribution in [0.1, 0.15) is 5.56 Å². The van der Waals surface area contributed by atoms with E-state index in [4.69, 9.17) is 9.84 Å². The van der Waals surface area contributed by atoms with Crippen molar-refractivity contribution in [3.8, 4) is 5.75 Å². The number of aliphatic hydroxyl groups excluding tert-OH is 1. The molecule has 3 heteroatoms. The maximum absolute atomic E-state index is 8.59. The molecule has 72 valence electrons. The van der Waals surface area contributed by atoms with E-state index >= 15 is 0 Å². The topological polar surface area (TPSA) is 29.5 Å². The highest BCUT2D eigenvalue weighted by atomic mass is 32.2. The number of hydrogen-bond acceptors (Lipinski definition) is 3. The summed E-state index contributed by atoms with van der Waals surface area (Å²) in [5.41, 5.74) is 1.11. The molecule has 0 atom stereocenters. The molecular formula is C10H14O2S. The number of thioether (sulfide) groups is 1. The van der Waals surface area contributed by atoms with Crippen LogP contribution in [0.2, 0.25) is 0 Å². The zero-order chi connectivity index (χ0) is 9.68. The predicted molar refractivity (Wildman–Crippen MR) is 55.5 cm³/mol. The lowest BCUT2D eigenvalue weighted by atomic mass is 10.2.